The molecular weight excluding hydrogens is 368 g/mol. The fraction of sp³-hybridized carbons (Fsp3) is 0.348. The van der Waals surface area contributed by atoms with Crippen LogP contribution in [0.15, 0.2) is 54.6 Å². The van der Waals surface area contributed by atoms with Crippen molar-refractivity contribution in [1.29, 1.82) is 0 Å². The molecule has 0 bridgehead atoms. The number of nitrogens with zero attached hydrogens (tertiary/aromatic N) is 2. The van der Waals surface area contributed by atoms with Gasteiger partial charge in [0.05, 0.1) is 11.1 Å². The lowest BCUT2D eigenvalue weighted by atomic mass is 10.0. The number of esters is 1. The van der Waals surface area contributed by atoms with Crippen molar-refractivity contribution in [3.8, 4) is 0 Å². The van der Waals surface area contributed by atoms with Crippen molar-refractivity contribution in [1.82, 2.24) is 4.90 Å². The molecule has 0 spiro atoms. The van der Waals surface area contributed by atoms with Gasteiger partial charge in [0.15, 0.2) is 6.61 Å². The zero-order valence-corrected chi connectivity index (χ0v) is 16.8. The summed E-state index contributed by atoms with van der Waals surface area (Å²) in [5.74, 6) is -0.737. The summed E-state index contributed by atoms with van der Waals surface area (Å²) in [6.07, 6.45) is 2.07. The summed E-state index contributed by atoms with van der Waals surface area (Å²) in [6, 6.07) is 15.7. The van der Waals surface area contributed by atoms with E-state index in [0.717, 1.165) is 18.5 Å². The number of likely N-dealkylation sites (tertiary alicyclic amines) is 1. The minimum absolute atomic E-state index is 0.153. The molecule has 1 fully saturated rings. The summed E-state index contributed by atoms with van der Waals surface area (Å²) in [5.41, 5.74) is 1.11. The molecule has 152 valence electrons. The maximum Gasteiger partial charge on any atom is 0.339 e. The van der Waals surface area contributed by atoms with Crippen molar-refractivity contribution >= 4 is 23.5 Å². The largest absolute Gasteiger partial charge is 0.452 e. The number of hydrogen-bond acceptors (Lipinski definition) is 4. The van der Waals surface area contributed by atoms with E-state index in [4.69, 9.17) is 4.74 Å². The Bertz CT molecular complexity index is 881. The van der Waals surface area contributed by atoms with Crippen LogP contribution in [0, 0.1) is 5.92 Å². The summed E-state index contributed by atoms with van der Waals surface area (Å²) >= 11 is 0. The smallest absolute Gasteiger partial charge is 0.339 e. The van der Waals surface area contributed by atoms with E-state index in [-0.39, 0.29) is 29.5 Å². The highest BCUT2D eigenvalue weighted by Crippen LogP contribution is 2.19. The number of hydrogen-bond donors (Lipinski definition) is 0. The second kappa shape index (κ2) is 9.37. The van der Waals surface area contributed by atoms with Crippen molar-refractivity contribution in [2.75, 3.05) is 31.6 Å². The van der Waals surface area contributed by atoms with Crippen LogP contribution in [-0.2, 0) is 9.53 Å². The van der Waals surface area contributed by atoms with E-state index >= 15 is 0 Å². The maximum atomic E-state index is 12.9. The highest BCUT2D eigenvalue weighted by Gasteiger charge is 2.24. The van der Waals surface area contributed by atoms with Crippen LogP contribution in [0.2, 0.25) is 0 Å². The van der Waals surface area contributed by atoms with Gasteiger partial charge in [-0.2, -0.15) is 0 Å². The van der Waals surface area contributed by atoms with E-state index in [0.29, 0.717) is 19.0 Å². The Hall–Kier alpha value is -3.15. The first kappa shape index (κ1) is 20.6. The third-order valence-electron chi connectivity index (χ3n) is 5.16. The van der Waals surface area contributed by atoms with Gasteiger partial charge in [0, 0.05) is 25.8 Å². The number of anilines is 1. The number of piperidine rings is 1. The van der Waals surface area contributed by atoms with E-state index in [9.17, 15) is 14.4 Å². The van der Waals surface area contributed by atoms with Gasteiger partial charge in [-0.15, -0.1) is 0 Å². The molecule has 1 aliphatic heterocycles. The SMILES string of the molecule is C[C@H]1CCCN(C(=O)COC(=O)c2ccccc2C(=O)N(C)c2ccccc2)C1. The molecule has 3 rings (SSSR count). The Balaban J connectivity index is 1.68. The molecular formula is C23H26N2O4. The third-order valence-corrected chi connectivity index (χ3v) is 5.16. The van der Waals surface area contributed by atoms with Gasteiger partial charge >= 0.3 is 5.97 Å². The van der Waals surface area contributed by atoms with E-state index in [1.165, 1.54) is 4.90 Å². The standard InChI is InChI=1S/C23H26N2O4/c1-17-9-8-14-25(15-17)21(26)16-29-23(28)20-13-7-6-12-19(20)22(27)24(2)18-10-4-3-5-11-18/h3-7,10-13,17H,8-9,14-16H2,1-2H3/t17-/m0/s1. The lowest BCUT2D eigenvalue weighted by Crippen LogP contribution is -2.41. The van der Waals surface area contributed by atoms with Crippen molar-refractivity contribution in [2.45, 2.75) is 19.8 Å². The van der Waals surface area contributed by atoms with Crippen molar-refractivity contribution < 1.29 is 19.1 Å². The van der Waals surface area contributed by atoms with Gasteiger partial charge in [0.1, 0.15) is 0 Å². The molecule has 29 heavy (non-hydrogen) atoms. The molecule has 1 heterocycles. The fourth-order valence-electron chi connectivity index (χ4n) is 3.51. The van der Waals surface area contributed by atoms with Crippen LogP contribution in [0.25, 0.3) is 0 Å². The minimum atomic E-state index is -0.672. The average molecular weight is 394 g/mol. The molecule has 2 aromatic carbocycles. The number of carbonyl (C=O) groups excluding carboxylic acids is 3. The van der Waals surface area contributed by atoms with Crippen LogP contribution in [0.5, 0.6) is 0 Å². The maximum absolute atomic E-state index is 12.9. The van der Waals surface area contributed by atoms with Crippen LogP contribution < -0.4 is 4.90 Å². The number of para-hydroxylation sites is 1. The number of carbonyl (C=O) groups is 3. The average Bonchev–Trinajstić information content (AvgIpc) is 2.76. The molecule has 0 saturated carbocycles. The Morgan fingerprint density at radius 2 is 1.69 bits per heavy atom. The molecule has 0 N–H and O–H groups in total. The first-order chi connectivity index (χ1) is 14.0. The topological polar surface area (TPSA) is 66.9 Å². The van der Waals surface area contributed by atoms with Gasteiger partial charge in [0.25, 0.3) is 11.8 Å². The molecule has 2 aromatic rings. The van der Waals surface area contributed by atoms with Crippen molar-refractivity contribution in [3.63, 3.8) is 0 Å². The van der Waals surface area contributed by atoms with E-state index in [2.05, 4.69) is 6.92 Å². The molecule has 0 aromatic heterocycles. The van der Waals surface area contributed by atoms with Gasteiger partial charge in [-0.05, 0) is 43.0 Å². The van der Waals surface area contributed by atoms with Gasteiger partial charge in [-0.3, -0.25) is 9.59 Å². The summed E-state index contributed by atoms with van der Waals surface area (Å²) in [5, 5.41) is 0. The van der Waals surface area contributed by atoms with E-state index in [1.54, 1.807) is 36.2 Å². The molecule has 0 aliphatic carbocycles. The van der Waals surface area contributed by atoms with Crippen LogP contribution in [0.4, 0.5) is 5.69 Å². The van der Waals surface area contributed by atoms with Crippen LogP contribution in [0.1, 0.15) is 40.5 Å². The Morgan fingerprint density at radius 1 is 1.03 bits per heavy atom. The second-order valence-electron chi connectivity index (χ2n) is 7.41. The summed E-state index contributed by atoms with van der Waals surface area (Å²) in [4.78, 5) is 41.1. The zero-order valence-electron chi connectivity index (χ0n) is 16.8. The van der Waals surface area contributed by atoms with E-state index < -0.39 is 5.97 Å². The number of amides is 2. The summed E-state index contributed by atoms with van der Waals surface area (Å²) in [6.45, 7) is 3.17. The van der Waals surface area contributed by atoms with E-state index in [1.807, 2.05) is 30.3 Å². The highest BCUT2D eigenvalue weighted by molar-refractivity contribution is 6.12. The molecule has 0 radical (unpaired) electrons. The number of ether oxygens (including phenoxy) is 1. The van der Waals surface area contributed by atoms with Gasteiger partial charge < -0.3 is 14.5 Å². The first-order valence-corrected chi connectivity index (χ1v) is 9.84. The molecule has 0 unspecified atom stereocenters. The quantitative estimate of drug-likeness (QED) is 0.729. The minimum Gasteiger partial charge on any atom is -0.452 e. The molecule has 6 heteroatoms. The summed E-state index contributed by atoms with van der Waals surface area (Å²) in [7, 11) is 1.65. The molecule has 1 atom stereocenters. The van der Waals surface area contributed by atoms with Crippen LogP contribution in [-0.4, -0.2) is 49.4 Å². The Labute approximate surface area is 171 Å². The summed E-state index contributed by atoms with van der Waals surface area (Å²) < 4.78 is 5.25. The lowest BCUT2D eigenvalue weighted by molar-refractivity contribution is -0.136. The molecule has 1 aliphatic rings. The molecule has 6 nitrogen and oxygen atoms in total. The molecule has 2 amide bonds. The predicted octanol–water partition coefficient (Wildman–Crippen LogP) is 3.38. The van der Waals surface area contributed by atoms with Gasteiger partial charge in [-0.1, -0.05) is 37.3 Å². The fourth-order valence-corrected chi connectivity index (χ4v) is 3.51. The van der Waals surface area contributed by atoms with Crippen LogP contribution >= 0.6 is 0 Å². The van der Waals surface area contributed by atoms with Crippen molar-refractivity contribution in [2.24, 2.45) is 5.92 Å². The number of benzene rings is 2. The molecule has 1 saturated heterocycles. The van der Waals surface area contributed by atoms with Crippen LogP contribution in [0.3, 0.4) is 0 Å². The highest BCUT2D eigenvalue weighted by atomic mass is 16.5. The first-order valence-electron chi connectivity index (χ1n) is 9.84. The van der Waals surface area contributed by atoms with Crippen molar-refractivity contribution in [3.05, 3.63) is 65.7 Å². The number of rotatable bonds is 5. The second-order valence-corrected chi connectivity index (χ2v) is 7.41. The third kappa shape index (κ3) is 5.02. The van der Waals surface area contributed by atoms with Gasteiger partial charge in [-0.25, -0.2) is 4.79 Å². The normalized spacial score (nSPS) is 16.2. The zero-order chi connectivity index (χ0) is 20.8. The Morgan fingerprint density at radius 3 is 2.38 bits per heavy atom. The monoisotopic (exact) mass is 394 g/mol. The van der Waals surface area contributed by atoms with Gasteiger partial charge in [0.2, 0.25) is 0 Å². The Kier molecular flexibility index (Phi) is 6.65. The lowest BCUT2D eigenvalue weighted by Gasteiger charge is -2.30. The predicted molar refractivity (Wildman–Crippen MR) is 111 cm³/mol.